The summed E-state index contributed by atoms with van der Waals surface area (Å²) in [5.41, 5.74) is 1.78. The summed E-state index contributed by atoms with van der Waals surface area (Å²) in [7, 11) is 0. The van der Waals surface area contributed by atoms with Crippen molar-refractivity contribution in [3.05, 3.63) is 72.2 Å². The van der Waals surface area contributed by atoms with Gasteiger partial charge in [-0.1, -0.05) is 30.3 Å². The second-order valence-corrected chi connectivity index (χ2v) is 4.82. The van der Waals surface area contributed by atoms with Gasteiger partial charge in [0.1, 0.15) is 18.2 Å². The zero-order valence-corrected chi connectivity index (χ0v) is 12.6. The van der Waals surface area contributed by atoms with Crippen LogP contribution in [0, 0.1) is 11.3 Å². The largest absolute Gasteiger partial charge is 0.444 e. The van der Waals surface area contributed by atoms with E-state index in [0.29, 0.717) is 5.69 Å². The Bertz CT molecular complexity index is 869. The summed E-state index contributed by atoms with van der Waals surface area (Å²) in [4.78, 5) is 16.0. The predicted octanol–water partition coefficient (Wildman–Crippen LogP) is 2.89. The molecule has 3 rings (SSSR count). The van der Waals surface area contributed by atoms with Crippen LogP contribution in [-0.2, 0) is 11.3 Å². The van der Waals surface area contributed by atoms with Gasteiger partial charge in [-0.25, -0.2) is 9.48 Å². The molecule has 0 radical (unpaired) electrons. The molecule has 1 N–H and O–H groups in total. The Hall–Kier alpha value is -3.66. The molecule has 0 saturated heterocycles. The molecule has 0 bridgehead atoms. The van der Waals surface area contributed by atoms with Crippen molar-refractivity contribution >= 4 is 11.9 Å². The minimum Gasteiger partial charge on any atom is -0.444 e. The molecule has 24 heavy (non-hydrogen) atoms. The van der Waals surface area contributed by atoms with Crippen LogP contribution in [-0.4, -0.2) is 20.9 Å². The predicted molar refractivity (Wildman–Crippen MR) is 86.3 cm³/mol. The van der Waals surface area contributed by atoms with Crippen molar-refractivity contribution in [2.45, 2.75) is 6.61 Å². The van der Waals surface area contributed by atoms with Crippen LogP contribution in [0.15, 0.2) is 61.1 Å². The molecule has 2 aromatic heterocycles. The van der Waals surface area contributed by atoms with E-state index in [1.807, 2.05) is 36.4 Å². The number of nitrogens with zero attached hydrogens (tertiary/aromatic N) is 4. The Kier molecular flexibility index (Phi) is 4.49. The first kappa shape index (κ1) is 15.2. The van der Waals surface area contributed by atoms with Gasteiger partial charge in [-0.15, -0.1) is 0 Å². The van der Waals surface area contributed by atoms with Crippen LogP contribution in [0.1, 0.15) is 11.1 Å². The molecule has 0 fully saturated rings. The number of benzene rings is 1. The third-order valence-corrected chi connectivity index (χ3v) is 3.23. The van der Waals surface area contributed by atoms with Gasteiger partial charge in [-0.2, -0.15) is 10.4 Å². The quantitative estimate of drug-likeness (QED) is 0.798. The molecule has 1 aromatic carbocycles. The Morgan fingerprint density at radius 3 is 2.67 bits per heavy atom. The molecule has 0 unspecified atom stereocenters. The van der Waals surface area contributed by atoms with Gasteiger partial charge in [0, 0.05) is 12.4 Å². The van der Waals surface area contributed by atoms with Crippen LogP contribution < -0.4 is 5.32 Å². The normalized spacial score (nSPS) is 9.96. The summed E-state index contributed by atoms with van der Waals surface area (Å²) >= 11 is 0. The lowest BCUT2D eigenvalue weighted by Gasteiger charge is -2.10. The van der Waals surface area contributed by atoms with Crippen LogP contribution in [0.3, 0.4) is 0 Å². The number of nitriles is 1. The first-order chi connectivity index (χ1) is 11.8. The Morgan fingerprint density at radius 2 is 1.96 bits per heavy atom. The van der Waals surface area contributed by atoms with Gasteiger partial charge in [0.05, 0.1) is 11.9 Å². The van der Waals surface area contributed by atoms with E-state index in [4.69, 9.17) is 4.74 Å². The number of rotatable bonds is 4. The molecule has 0 aliphatic rings. The molecule has 0 atom stereocenters. The molecule has 2 heterocycles. The summed E-state index contributed by atoms with van der Waals surface area (Å²) in [5.74, 6) is 0.252. The van der Waals surface area contributed by atoms with Gasteiger partial charge < -0.3 is 4.74 Å². The van der Waals surface area contributed by atoms with Crippen LogP contribution >= 0.6 is 0 Å². The van der Waals surface area contributed by atoms with Crippen LogP contribution in [0.4, 0.5) is 10.6 Å². The molecular formula is C17H13N5O2. The zero-order valence-electron chi connectivity index (χ0n) is 12.6. The second-order valence-electron chi connectivity index (χ2n) is 4.82. The fourth-order valence-electron chi connectivity index (χ4n) is 2.09. The van der Waals surface area contributed by atoms with E-state index in [9.17, 15) is 10.1 Å². The summed E-state index contributed by atoms with van der Waals surface area (Å²) in [6.07, 6.45) is 3.92. The number of hydrogen-bond donors (Lipinski definition) is 1. The highest BCUT2D eigenvalue weighted by molar-refractivity contribution is 5.85. The molecule has 1 amide bonds. The van der Waals surface area contributed by atoms with E-state index in [1.54, 1.807) is 24.5 Å². The van der Waals surface area contributed by atoms with Crippen molar-refractivity contribution in [3.63, 3.8) is 0 Å². The monoisotopic (exact) mass is 319 g/mol. The minimum atomic E-state index is -0.661. The molecule has 0 spiro atoms. The van der Waals surface area contributed by atoms with Crippen molar-refractivity contribution in [1.82, 2.24) is 14.8 Å². The first-order valence-corrected chi connectivity index (χ1v) is 7.14. The van der Waals surface area contributed by atoms with E-state index in [-0.39, 0.29) is 18.0 Å². The fourth-order valence-corrected chi connectivity index (χ4v) is 2.09. The number of carbonyl (C=O) groups is 1. The SMILES string of the molecule is N#Cc1cnn(-c2ccncc2)c1NC(=O)OCc1ccccc1. The molecule has 7 nitrogen and oxygen atoms in total. The van der Waals surface area contributed by atoms with Crippen molar-refractivity contribution < 1.29 is 9.53 Å². The number of hydrogen-bond acceptors (Lipinski definition) is 5. The third-order valence-electron chi connectivity index (χ3n) is 3.23. The average Bonchev–Trinajstić information content (AvgIpc) is 3.04. The maximum absolute atomic E-state index is 12.0. The average molecular weight is 319 g/mol. The standard InChI is InChI=1S/C17H13N5O2/c18-10-14-11-20-22(15-6-8-19-9-7-15)16(14)21-17(23)24-12-13-4-2-1-3-5-13/h1-9,11H,12H2,(H,21,23). The first-order valence-electron chi connectivity index (χ1n) is 7.14. The van der Waals surface area contributed by atoms with E-state index >= 15 is 0 Å². The van der Waals surface area contributed by atoms with Crippen LogP contribution in [0.2, 0.25) is 0 Å². The third kappa shape index (κ3) is 3.39. The summed E-state index contributed by atoms with van der Waals surface area (Å²) < 4.78 is 6.63. The number of anilines is 1. The minimum absolute atomic E-state index is 0.137. The summed E-state index contributed by atoms with van der Waals surface area (Å²) in [6, 6.07) is 14.8. The van der Waals surface area contributed by atoms with E-state index in [1.165, 1.54) is 10.9 Å². The zero-order chi connectivity index (χ0) is 16.8. The number of amides is 1. The lowest BCUT2D eigenvalue weighted by molar-refractivity contribution is 0.155. The smallest absolute Gasteiger partial charge is 0.413 e. The van der Waals surface area contributed by atoms with Crippen molar-refractivity contribution in [1.29, 1.82) is 5.26 Å². The molecule has 7 heteroatoms. The van der Waals surface area contributed by atoms with Crippen LogP contribution in [0.5, 0.6) is 0 Å². The summed E-state index contributed by atoms with van der Waals surface area (Å²) in [6.45, 7) is 0.137. The van der Waals surface area contributed by atoms with E-state index < -0.39 is 6.09 Å². The fraction of sp³-hybridized carbons (Fsp3) is 0.0588. The Labute approximate surface area is 138 Å². The van der Waals surface area contributed by atoms with Crippen molar-refractivity contribution in [2.75, 3.05) is 5.32 Å². The Balaban J connectivity index is 1.76. The topological polar surface area (TPSA) is 92.8 Å². The summed E-state index contributed by atoms with van der Waals surface area (Å²) in [5, 5.41) is 15.9. The molecule has 0 saturated carbocycles. The van der Waals surface area contributed by atoms with Crippen molar-refractivity contribution in [2.24, 2.45) is 0 Å². The van der Waals surface area contributed by atoms with Gasteiger partial charge in [0.15, 0.2) is 5.82 Å². The van der Waals surface area contributed by atoms with Gasteiger partial charge in [0.25, 0.3) is 0 Å². The van der Waals surface area contributed by atoms with Gasteiger partial charge >= 0.3 is 6.09 Å². The number of pyridine rings is 1. The lowest BCUT2D eigenvalue weighted by atomic mass is 10.2. The van der Waals surface area contributed by atoms with Gasteiger partial charge in [0.2, 0.25) is 0 Å². The van der Waals surface area contributed by atoms with Gasteiger partial charge in [-0.05, 0) is 17.7 Å². The number of ether oxygens (including phenoxy) is 1. The molecular weight excluding hydrogens is 306 g/mol. The highest BCUT2D eigenvalue weighted by Crippen LogP contribution is 2.19. The molecule has 3 aromatic rings. The molecule has 0 aliphatic carbocycles. The maximum atomic E-state index is 12.0. The van der Waals surface area contributed by atoms with Crippen LogP contribution in [0.25, 0.3) is 5.69 Å². The van der Waals surface area contributed by atoms with E-state index in [2.05, 4.69) is 15.4 Å². The Morgan fingerprint density at radius 1 is 1.21 bits per heavy atom. The molecule has 0 aliphatic heterocycles. The molecule has 118 valence electrons. The number of carbonyl (C=O) groups excluding carboxylic acids is 1. The number of nitrogens with one attached hydrogen (secondary N) is 1. The highest BCUT2D eigenvalue weighted by Gasteiger charge is 2.15. The maximum Gasteiger partial charge on any atom is 0.413 e. The lowest BCUT2D eigenvalue weighted by Crippen LogP contribution is -2.17. The second kappa shape index (κ2) is 7.07. The van der Waals surface area contributed by atoms with E-state index in [0.717, 1.165) is 5.56 Å². The van der Waals surface area contributed by atoms with Crippen molar-refractivity contribution in [3.8, 4) is 11.8 Å². The number of aromatic nitrogens is 3. The van der Waals surface area contributed by atoms with Gasteiger partial charge in [-0.3, -0.25) is 10.3 Å². The highest BCUT2D eigenvalue weighted by atomic mass is 16.5.